The van der Waals surface area contributed by atoms with E-state index in [-0.39, 0.29) is 29.5 Å². The van der Waals surface area contributed by atoms with E-state index in [2.05, 4.69) is 15.0 Å². The van der Waals surface area contributed by atoms with Gasteiger partial charge in [0.2, 0.25) is 5.91 Å². The molecule has 2 aromatic rings. The van der Waals surface area contributed by atoms with Crippen LogP contribution in [0.15, 0.2) is 48.5 Å². The van der Waals surface area contributed by atoms with Gasteiger partial charge in [-0.15, -0.1) is 0 Å². The fourth-order valence-electron chi connectivity index (χ4n) is 6.88. The number of rotatable bonds is 3. The normalized spacial score (nSPS) is 27.3. The molecule has 0 saturated carbocycles. The molecule has 1 N–H and O–H groups in total. The average molecular weight is 525 g/mol. The molecule has 200 valence electrons. The second kappa shape index (κ2) is 9.65. The molecule has 0 unspecified atom stereocenters. The molecule has 2 aromatic carbocycles. The summed E-state index contributed by atoms with van der Waals surface area (Å²) in [6.45, 7) is -0.808. The Morgan fingerprint density at radius 1 is 1.00 bits per heavy atom. The summed E-state index contributed by atoms with van der Waals surface area (Å²) in [5, 5.41) is 3.05. The van der Waals surface area contributed by atoms with Gasteiger partial charge in [-0.05, 0) is 62.6 Å². The van der Waals surface area contributed by atoms with E-state index in [0.29, 0.717) is 44.6 Å². The third-order valence-electron chi connectivity index (χ3n) is 8.45. The first-order valence-electron chi connectivity index (χ1n) is 13.2. The molecule has 0 aliphatic carbocycles. The van der Waals surface area contributed by atoms with Crippen LogP contribution in [0.5, 0.6) is 5.75 Å². The SMILES string of the molecule is O=C1NCCCN(C(=O)c2ccc(OC(F)F)cc2)CCN2C(=O)[C@@]3(c4ccccc42)[C@H]1C[C@@H]1CCCN13. The minimum absolute atomic E-state index is 0.0242. The molecule has 3 amide bonds. The van der Waals surface area contributed by atoms with Gasteiger partial charge in [0.25, 0.3) is 11.8 Å². The molecule has 1 spiro atoms. The van der Waals surface area contributed by atoms with Gasteiger partial charge in [0.1, 0.15) is 11.3 Å². The van der Waals surface area contributed by atoms with E-state index < -0.39 is 18.1 Å². The lowest BCUT2D eigenvalue weighted by Crippen LogP contribution is -2.57. The summed E-state index contributed by atoms with van der Waals surface area (Å²) in [7, 11) is 0. The van der Waals surface area contributed by atoms with Crippen LogP contribution in [0.3, 0.4) is 0 Å². The molecule has 4 aliphatic heterocycles. The highest BCUT2D eigenvalue weighted by Crippen LogP contribution is 2.57. The van der Waals surface area contributed by atoms with Crippen molar-refractivity contribution in [1.82, 2.24) is 15.1 Å². The molecule has 0 radical (unpaired) electrons. The van der Waals surface area contributed by atoms with E-state index in [1.165, 1.54) is 24.3 Å². The van der Waals surface area contributed by atoms with E-state index in [4.69, 9.17) is 0 Å². The zero-order valence-corrected chi connectivity index (χ0v) is 20.9. The molecule has 3 saturated heterocycles. The largest absolute Gasteiger partial charge is 0.435 e. The van der Waals surface area contributed by atoms with E-state index in [1.54, 1.807) is 9.80 Å². The summed E-state index contributed by atoms with van der Waals surface area (Å²) < 4.78 is 29.4. The summed E-state index contributed by atoms with van der Waals surface area (Å²) in [4.78, 5) is 47.0. The Morgan fingerprint density at radius 2 is 1.79 bits per heavy atom. The van der Waals surface area contributed by atoms with E-state index in [0.717, 1.165) is 30.6 Å². The number of amides is 3. The minimum atomic E-state index is -2.94. The van der Waals surface area contributed by atoms with Crippen LogP contribution in [-0.2, 0) is 15.1 Å². The van der Waals surface area contributed by atoms with Crippen LogP contribution >= 0.6 is 0 Å². The summed E-state index contributed by atoms with van der Waals surface area (Å²) in [5.74, 6) is -0.964. The number of nitrogens with one attached hydrogen (secondary N) is 1. The van der Waals surface area contributed by atoms with Crippen LogP contribution in [0.2, 0.25) is 0 Å². The Labute approximate surface area is 219 Å². The Balaban J connectivity index is 1.32. The van der Waals surface area contributed by atoms with Crippen molar-refractivity contribution in [2.45, 2.75) is 43.9 Å². The number of carbonyl (C=O) groups excluding carboxylic acids is 3. The summed E-state index contributed by atoms with van der Waals surface area (Å²) in [6.07, 6.45) is 3.19. The van der Waals surface area contributed by atoms with Crippen molar-refractivity contribution in [3.8, 4) is 5.75 Å². The predicted octanol–water partition coefficient (Wildman–Crippen LogP) is 2.98. The van der Waals surface area contributed by atoms with Gasteiger partial charge in [-0.2, -0.15) is 8.78 Å². The van der Waals surface area contributed by atoms with Crippen LogP contribution in [0.25, 0.3) is 0 Å². The second-order valence-corrected chi connectivity index (χ2v) is 10.4. The zero-order chi connectivity index (χ0) is 26.4. The number of hydrogen-bond donors (Lipinski definition) is 1. The molecular weight excluding hydrogens is 494 g/mol. The lowest BCUT2D eigenvalue weighted by molar-refractivity contribution is -0.139. The van der Waals surface area contributed by atoms with Gasteiger partial charge in [0.15, 0.2) is 0 Å². The Kier molecular flexibility index (Phi) is 6.29. The monoisotopic (exact) mass is 524 g/mol. The molecular formula is C28H30F2N4O4. The fourth-order valence-corrected chi connectivity index (χ4v) is 6.88. The molecule has 8 nitrogen and oxygen atoms in total. The Bertz CT molecular complexity index is 1260. The standard InChI is InChI=1S/C28H30F2N4O4/c29-27(30)38-20-10-8-18(9-11-20)25(36)32-13-4-12-31-24(35)22-17-19-5-3-14-34(19)28(22)21-6-1-2-7-23(21)33(16-15-32)26(28)37/h1-2,6-11,19,22,27H,3-5,12-17H2,(H,31,35)/t19-,22-,28+/m0/s1. The molecule has 2 bridgehead atoms. The number of hydrogen-bond acceptors (Lipinski definition) is 5. The number of para-hydroxylation sites is 1. The highest BCUT2D eigenvalue weighted by Gasteiger charge is 2.67. The number of anilines is 1. The Hall–Kier alpha value is -3.53. The molecule has 10 heteroatoms. The quantitative estimate of drug-likeness (QED) is 0.668. The number of nitrogens with zero attached hydrogens (tertiary/aromatic N) is 3. The smallest absolute Gasteiger partial charge is 0.387 e. The number of halogens is 2. The molecule has 6 rings (SSSR count). The second-order valence-electron chi connectivity index (χ2n) is 10.4. The summed E-state index contributed by atoms with van der Waals surface area (Å²) in [5.41, 5.74) is 0.989. The van der Waals surface area contributed by atoms with Crippen molar-refractivity contribution in [2.75, 3.05) is 37.6 Å². The Morgan fingerprint density at radius 3 is 2.58 bits per heavy atom. The number of ether oxygens (including phenoxy) is 1. The van der Waals surface area contributed by atoms with Crippen LogP contribution in [0.4, 0.5) is 14.5 Å². The van der Waals surface area contributed by atoms with Crippen molar-refractivity contribution in [1.29, 1.82) is 0 Å². The lowest BCUT2D eigenvalue weighted by Gasteiger charge is -2.38. The minimum Gasteiger partial charge on any atom is -0.435 e. The first kappa shape index (κ1) is 24.8. The average Bonchev–Trinajstić information content (AvgIpc) is 3.56. The topological polar surface area (TPSA) is 82.2 Å². The number of fused-ring (bicyclic) bond motifs is 4. The highest BCUT2D eigenvalue weighted by molar-refractivity contribution is 6.11. The van der Waals surface area contributed by atoms with Crippen molar-refractivity contribution >= 4 is 23.4 Å². The van der Waals surface area contributed by atoms with Gasteiger partial charge in [-0.1, -0.05) is 18.2 Å². The fraction of sp³-hybridized carbons (Fsp3) is 0.464. The van der Waals surface area contributed by atoms with Gasteiger partial charge in [0.05, 0.1) is 5.92 Å². The summed E-state index contributed by atoms with van der Waals surface area (Å²) >= 11 is 0. The molecule has 3 fully saturated rings. The third-order valence-corrected chi connectivity index (χ3v) is 8.45. The first-order chi connectivity index (χ1) is 18.4. The van der Waals surface area contributed by atoms with Crippen molar-refractivity contribution < 1.29 is 27.9 Å². The van der Waals surface area contributed by atoms with Crippen LogP contribution in [0.1, 0.15) is 41.6 Å². The lowest BCUT2D eigenvalue weighted by atomic mass is 9.78. The summed E-state index contributed by atoms with van der Waals surface area (Å²) in [6, 6.07) is 13.5. The van der Waals surface area contributed by atoms with Gasteiger partial charge < -0.3 is 19.9 Å². The number of alkyl halides is 2. The van der Waals surface area contributed by atoms with E-state index in [1.807, 2.05) is 24.3 Å². The molecule has 4 aliphatic rings. The van der Waals surface area contributed by atoms with Crippen LogP contribution in [-0.4, -0.2) is 72.9 Å². The van der Waals surface area contributed by atoms with Gasteiger partial charge in [-0.3, -0.25) is 19.3 Å². The van der Waals surface area contributed by atoms with Gasteiger partial charge in [0, 0.05) is 49.0 Å². The van der Waals surface area contributed by atoms with Crippen molar-refractivity contribution in [3.63, 3.8) is 0 Å². The first-order valence-corrected chi connectivity index (χ1v) is 13.2. The van der Waals surface area contributed by atoms with Gasteiger partial charge in [-0.25, -0.2) is 0 Å². The maximum atomic E-state index is 14.4. The van der Waals surface area contributed by atoms with E-state index in [9.17, 15) is 23.2 Å². The van der Waals surface area contributed by atoms with Crippen LogP contribution < -0.4 is 15.0 Å². The van der Waals surface area contributed by atoms with Crippen molar-refractivity contribution in [3.05, 3.63) is 59.7 Å². The van der Waals surface area contributed by atoms with E-state index >= 15 is 0 Å². The predicted molar refractivity (Wildman–Crippen MR) is 135 cm³/mol. The van der Waals surface area contributed by atoms with Crippen LogP contribution in [0, 0.1) is 5.92 Å². The van der Waals surface area contributed by atoms with Crippen molar-refractivity contribution in [2.24, 2.45) is 5.92 Å². The highest BCUT2D eigenvalue weighted by atomic mass is 19.3. The molecule has 38 heavy (non-hydrogen) atoms. The molecule has 4 heterocycles. The number of benzene rings is 2. The third kappa shape index (κ3) is 3.84. The molecule has 3 atom stereocenters. The maximum Gasteiger partial charge on any atom is 0.387 e. The maximum absolute atomic E-state index is 14.4. The zero-order valence-electron chi connectivity index (χ0n) is 20.9. The molecule has 0 aromatic heterocycles. The number of carbonyl (C=O) groups is 3. The van der Waals surface area contributed by atoms with Gasteiger partial charge >= 0.3 is 6.61 Å².